The second-order valence-electron chi connectivity index (χ2n) is 6.63. The van der Waals surface area contributed by atoms with E-state index in [1.165, 1.54) is 18.2 Å². The van der Waals surface area contributed by atoms with E-state index in [0.717, 1.165) is 17.7 Å². The number of rotatable bonds is 3. The van der Waals surface area contributed by atoms with E-state index in [9.17, 15) is 14.4 Å². The molecule has 1 saturated heterocycles. The monoisotopic (exact) mass is 384 g/mol. The number of carbonyl (C=O) groups is 3. The topological polar surface area (TPSA) is 75.7 Å². The number of benzene rings is 1. The molecule has 6 nitrogen and oxygen atoms in total. The highest BCUT2D eigenvalue weighted by Gasteiger charge is 2.52. The van der Waals surface area contributed by atoms with Crippen LogP contribution in [0.25, 0.3) is 0 Å². The standard InChI is InChI=1S/C17H18Cl2N2O4/c1-10-4-6-17(7-5-10)15(23)21(16(24)20-17)9-14(22)25-13-3-2-11(18)8-12(13)19/h2-3,8,10H,4-7,9H2,1H3,(H,20,24). The molecule has 25 heavy (non-hydrogen) atoms. The van der Waals surface area contributed by atoms with Crippen LogP contribution >= 0.6 is 23.2 Å². The highest BCUT2D eigenvalue weighted by atomic mass is 35.5. The Balaban J connectivity index is 1.67. The Hall–Kier alpha value is -1.79. The first-order valence-corrected chi connectivity index (χ1v) is 8.86. The lowest BCUT2D eigenvalue weighted by Crippen LogP contribution is -2.49. The summed E-state index contributed by atoms with van der Waals surface area (Å²) in [5, 5.41) is 3.35. The number of urea groups is 1. The molecule has 0 aromatic heterocycles. The molecule has 0 unspecified atom stereocenters. The van der Waals surface area contributed by atoms with Gasteiger partial charge >= 0.3 is 12.0 Å². The number of nitrogens with one attached hydrogen (secondary N) is 1. The van der Waals surface area contributed by atoms with Crippen LogP contribution in [0.15, 0.2) is 18.2 Å². The van der Waals surface area contributed by atoms with Gasteiger partial charge in [0.05, 0.1) is 5.02 Å². The van der Waals surface area contributed by atoms with Gasteiger partial charge in [-0.2, -0.15) is 0 Å². The lowest BCUT2D eigenvalue weighted by molar-refractivity contribution is -0.141. The molecule has 0 bridgehead atoms. The molecule has 3 amide bonds. The number of amides is 3. The molecule has 1 saturated carbocycles. The molecule has 134 valence electrons. The SMILES string of the molecule is CC1CCC2(CC1)NC(=O)N(CC(=O)Oc1ccc(Cl)cc1Cl)C2=O. The third kappa shape index (κ3) is 3.60. The first kappa shape index (κ1) is 18.0. The van der Waals surface area contributed by atoms with Crippen molar-refractivity contribution in [2.45, 2.75) is 38.1 Å². The smallest absolute Gasteiger partial charge is 0.331 e. The summed E-state index contributed by atoms with van der Waals surface area (Å²) in [6.07, 6.45) is 2.91. The first-order chi connectivity index (χ1) is 11.8. The van der Waals surface area contributed by atoms with Gasteiger partial charge in [-0.05, 0) is 49.8 Å². The molecule has 8 heteroatoms. The number of nitrogens with zero attached hydrogens (tertiary/aromatic N) is 1. The quantitative estimate of drug-likeness (QED) is 0.492. The molecule has 0 atom stereocenters. The highest BCUT2D eigenvalue weighted by molar-refractivity contribution is 6.35. The molecule has 0 radical (unpaired) electrons. The van der Waals surface area contributed by atoms with Crippen molar-refractivity contribution in [1.82, 2.24) is 10.2 Å². The zero-order valence-electron chi connectivity index (χ0n) is 13.7. The molecule has 1 heterocycles. The average molecular weight is 385 g/mol. The Labute approximate surface area is 155 Å². The average Bonchev–Trinajstić information content (AvgIpc) is 2.78. The maximum atomic E-state index is 12.7. The van der Waals surface area contributed by atoms with E-state index in [1.807, 2.05) is 0 Å². The molecule has 1 N–H and O–H groups in total. The Morgan fingerprint density at radius 3 is 2.64 bits per heavy atom. The summed E-state index contributed by atoms with van der Waals surface area (Å²) in [4.78, 5) is 37.9. The van der Waals surface area contributed by atoms with E-state index in [2.05, 4.69) is 12.2 Å². The maximum Gasteiger partial charge on any atom is 0.331 e. The summed E-state index contributed by atoms with van der Waals surface area (Å²) >= 11 is 11.7. The van der Waals surface area contributed by atoms with Gasteiger partial charge in [0, 0.05) is 5.02 Å². The fourth-order valence-electron chi connectivity index (χ4n) is 3.26. The van der Waals surface area contributed by atoms with Crippen LogP contribution in [0.3, 0.4) is 0 Å². The largest absolute Gasteiger partial charge is 0.424 e. The van der Waals surface area contributed by atoms with E-state index in [0.29, 0.717) is 23.8 Å². The van der Waals surface area contributed by atoms with E-state index in [4.69, 9.17) is 27.9 Å². The van der Waals surface area contributed by atoms with Crippen molar-refractivity contribution in [2.24, 2.45) is 5.92 Å². The molecule has 1 aromatic rings. The Kier molecular flexibility index (Phi) is 4.93. The molecule has 2 fully saturated rings. The van der Waals surface area contributed by atoms with Crippen molar-refractivity contribution in [2.75, 3.05) is 6.54 Å². The summed E-state index contributed by atoms with van der Waals surface area (Å²) < 4.78 is 5.15. The second kappa shape index (κ2) is 6.84. The number of imide groups is 1. The van der Waals surface area contributed by atoms with Gasteiger partial charge in [0.15, 0.2) is 0 Å². The molecular weight excluding hydrogens is 367 g/mol. The normalized spacial score (nSPS) is 26.0. The van der Waals surface area contributed by atoms with Crippen LogP contribution in [0.4, 0.5) is 4.79 Å². The minimum absolute atomic E-state index is 0.129. The van der Waals surface area contributed by atoms with Gasteiger partial charge in [0.2, 0.25) is 0 Å². The van der Waals surface area contributed by atoms with Crippen molar-refractivity contribution in [3.8, 4) is 5.75 Å². The van der Waals surface area contributed by atoms with Gasteiger partial charge in [-0.15, -0.1) is 0 Å². The van der Waals surface area contributed by atoms with Crippen LogP contribution in [0.5, 0.6) is 5.75 Å². The zero-order valence-corrected chi connectivity index (χ0v) is 15.2. The fourth-order valence-corrected chi connectivity index (χ4v) is 3.70. The molecule has 2 aliphatic rings. The number of carbonyl (C=O) groups excluding carboxylic acids is 3. The molecule has 1 aliphatic heterocycles. The van der Waals surface area contributed by atoms with Crippen LogP contribution in [-0.4, -0.2) is 34.9 Å². The molecule has 3 rings (SSSR count). The van der Waals surface area contributed by atoms with Crippen molar-refractivity contribution in [3.05, 3.63) is 28.2 Å². The molecule has 1 aliphatic carbocycles. The lowest BCUT2D eigenvalue weighted by atomic mass is 9.77. The van der Waals surface area contributed by atoms with E-state index in [1.54, 1.807) is 0 Å². The summed E-state index contributed by atoms with van der Waals surface area (Å²) in [7, 11) is 0. The Morgan fingerprint density at radius 1 is 1.32 bits per heavy atom. The van der Waals surface area contributed by atoms with Crippen LogP contribution < -0.4 is 10.1 Å². The highest BCUT2D eigenvalue weighted by Crippen LogP contribution is 2.36. The number of hydrogen-bond acceptors (Lipinski definition) is 4. The van der Waals surface area contributed by atoms with Crippen LogP contribution in [0, 0.1) is 5.92 Å². The molecular formula is C17H18Cl2N2O4. The Bertz CT molecular complexity index is 729. The molecule has 1 aromatic carbocycles. The van der Waals surface area contributed by atoms with E-state index in [-0.39, 0.29) is 16.7 Å². The van der Waals surface area contributed by atoms with Crippen LogP contribution in [0.2, 0.25) is 10.0 Å². The minimum atomic E-state index is -0.873. The van der Waals surface area contributed by atoms with Gasteiger partial charge in [0.1, 0.15) is 17.8 Å². The van der Waals surface area contributed by atoms with Crippen molar-refractivity contribution >= 4 is 41.1 Å². The van der Waals surface area contributed by atoms with E-state index >= 15 is 0 Å². The van der Waals surface area contributed by atoms with Gasteiger partial charge in [0.25, 0.3) is 5.91 Å². The Morgan fingerprint density at radius 2 is 2.00 bits per heavy atom. The van der Waals surface area contributed by atoms with Gasteiger partial charge < -0.3 is 10.1 Å². The van der Waals surface area contributed by atoms with Gasteiger partial charge in [-0.25, -0.2) is 9.59 Å². The van der Waals surface area contributed by atoms with E-state index < -0.39 is 24.1 Å². The lowest BCUT2D eigenvalue weighted by Gasteiger charge is -2.33. The number of esters is 1. The minimum Gasteiger partial charge on any atom is -0.424 e. The number of ether oxygens (including phenoxy) is 1. The first-order valence-electron chi connectivity index (χ1n) is 8.10. The summed E-state index contributed by atoms with van der Waals surface area (Å²) in [5.41, 5.74) is -0.873. The summed E-state index contributed by atoms with van der Waals surface area (Å²) in [5.74, 6) is -0.441. The number of halogens is 2. The van der Waals surface area contributed by atoms with Gasteiger partial charge in [-0.1, -0.05) is 30.1 Å². The number of hydrogen-bond donors (Lipinski definition) is 1. The fraction of sp³-hybridized carbons (Fsp3) is 0.471. The van der Waals surface area contributed by atoms with Crippen molar-refractivity contribution < 1.29 is 19.1 Å². The van der Waals surface area contributed by atoms with Crippen LogP contribution in [0.1, 0.15) is 32.6 Å². The summed E-state index contributed by atoms with van der Waals surface area (Å²) in [6.45, 7) is 1.67. The van der Waals surface area contributed by atoms with Crippen LogP contribution in [-0.2, 0) is 9.59 Å². The molecule has 1 spiro atoms. The maximum absolute atomic E-state index is 12.7. The zero-order chi connectivity index (χ0) is 18.2. The van der Waals surface area contributed by atoms with Gasteiger partial charge in [-0.3, -0.25) is 9.69 Å². The predicted octanol–water partition coefficient (Wildman–Crippen LogP) is 3.40. The third-order valence-electron chi connectivity index (χ3n) is 4.78. The second-order valence-corrected chi connectivity index (χ2v) is 7.48. The summed E-state index contributed by atoms with van der Waals surface area (Å²) in [6, 6.07) is 3.87. The predicted molar refractivity (Wildman–Crippen MR) is 92.7 cm³/mol. The van der Waals surface area contributed by atoms with Crippen molar-refractivity contribution in [1.29, 1.82) is 0 Å². The third-order valence-corrected chi connectivity index (χ3v) is 5.31. The van der Waals surface area contributed by atoms with Crippen molar-refractivity contribution in [3.63, 3.8) is 0 Å².